The standard InChI is InChI=1S/C20H17Cl2N5OS/c1-2-8-27-19(12-28-17-10-14(21)6-7-16(17)22)24-25-20(27)29-13-15-11-26-9-4-3-5-18(26)23-15/h2-7,9-11H,1,8,12-13H2. The lowest BCUT2D eigenvalue weighted by molar-refractivity contribution is 0.289. The molecule has 29 heavy (non-hydrogen) atoms. The summed E-state index contributed by atoms with van der Waals surface area (Å²) in [4.78, 5) is 4.62. The molecule has 0 radical (unpaired) electrons. The second kappa shape index (κ2) is 8.90. The van der Waals surface area contributed by atoms with Gasteiger partial charge in [0.25, 0.3) is 0 Å². The normalized spacial score (nSPS) is 11.1. The quantitative estimate of drug-likeness (QED) is 0.272. The number of aromatic nitrogens is 5. The topological polar surface area (TPSA) is 57.2 Å². The Labute approximate surface area is 182 Å². The summed E-state index contributed by atoms with van der Waals surface area (Å²) in [7, 11) is 0. The molecular formula is C20H17Cl2N5OS. The molecule has 0 aliphatic rings. The van der Waals surface area contributed by atoms with Crippen LogP contribution in [-0.2, 0) is 18.9 Å². The third kappa shape index (κ3) is 4.58. The third-order valence-electron chi connectivity index (χ3n) is 4.12. The Kier molecular flexibility index (Phi) is 6.08. The van der Waals surface area contributed by atoms with Crippen molar-refractivity contribution in [3.8, 4) is 5.75 Å². The average Bonchev–Trinajstić information content (AvgIpc) is 3.31. The molecule has 1 aromatic carbocycles. The van der Waals surface area contributed by atoms with E-state index in [0.29, 0.717) is 33.9 Å². The first-order valence-corrected chi connectivity index (χ1v) is 10.5. The molecule has 6 nitrogen and oxygen atoms in total. The number of ether oxygens (including phenoxy) is 1. The van der Waals surface area contributed by atoms with Crippen molar-refractivity contribution in [2.75, 3.05) is 0 Å². The van der Waals surface area contributed by atoms with Gasteiger partial charge in [-0.25, -0.2) is 4.98 Å². The number of nitrogens with zero attached hydrogens (tertiary/aromatic N) is 5. The van der Waals surface area contributed by atoms with Crippen LogP contribution in [0.15, 0.2) is 66.6 Å². The summed E-state index contributed by atoms with van der Waals surface area (Å²) in [5.74, 6) is 1.86. The number of hydrogen-bond donors (Lipinski definition) is 0. The molecule has 3 heterocycles. The molecule has 0 saturated carbocycles. The van der Waals surface area contributed by atoms with Crippen LogP contribution in [0.1, 0.15) is 11.5 Å². The number of halogens is 2. The Morgan fingerprint density at radius 3 is 2.90 bits per heavy atom. The van der Waals surface area contributed by atoms with Crippen LogP contribution >= 0.6 is 35.0 Å². The van der Waals surface area contributed by atoms with Crippen LogP contribution in [0.3, 0.4) is 0 Å². The van der Waals surface area contributed by atoms with E-state index in [1.807, 2.05) is 39.6 Å². The Hall–Kier alpha value is -2.48. The van der Waals surface area contributed by atoms with E-state index >= 15 is 0 Å². The monoisotopic (exact) mass is 445 g/mol. The summed E-state index contributed by atoms with van der Waals surface area (Å²) < 4.78 is 9.77. The minimum absolute atomic E-state index is 0.218. The highest BCUT2D eigenvalue weighted by molar-refractivity contribution is 7.98. The second-order valence-electron chi connectivity index (χ2n) is 6.15. The minimum Gasteiger partial charge on any atom is -0.484 e. The maximum absolute atomic E-state index is 6.16. The van der Waals surface area contributed by atoms with Crippen LogP contribution in [0.4, 0.5) is 0 Å². The summed E-state index contributed by atoms with van der Waals surface area (Å²) in [6.45, 7) is 4.62. The molecule has 0 saturated heterocycles. The van der Waals surface area contributed by atoms with E-state index in [9.17, 15) is 0 Å². The molecule has 0 fully saturated rings. The number of pyridine rings is 1. The highest BCUT2D eigenvalue weighted by Gasteiger charge is 2.14. The summed E-state index contributed by atoms with van der Waals surface area (Å²) in [6.07, 6.45) is 5.79. The van der Waals surface area contributed by atoms with Crippen molar-refractivity contribution < 1.29 is 4.74 Å². The number of imidazole rings is 1. The van der Waals surface area contributed by atoms with Crippen molar-refractivity contribution in [2.45, 2.75) is 24.1 Å². The zero-order chi connectivity index (χ0) is 20.2. The first kappa shape index (κ1) is 19.8. The molecular weight excluding hydrogens is 429 g/mol. The van der Waals surface area contributed by atoms with Crippen molar-refractivity contribution in [3.63, 3.8) is 0 Å². The van der Waals surface area contributed by atoms with Crippen LogP contribution < -0.4 is 4.74 Å². The molecule has 0 spiro atoms. The van der Waals surface area contributed by atoms with Gasteiger partial charge in [-0.15, -0.1) is 16.8 Å². The zero-order valence-electron chi connectivity index (χ0n) is 15.3. The van der Waals surface area contributed by atoms with Gasteiger partial charge < -0.3 is 9.14 Å². The fourth-order valence-electron chi connectivity index (χ4n) is 2.77. The van der Waals surface area contributed by atoms with Crippen molar-refractivity contribution in [2.24, 2.45) is 0 Å². The van der Waals surface area contributed by atoms with E-state index in [4.69, 9.17) is 27.9 Å². The van der Waals surface area contributed by atoms with E-state index in [1.165, 1.54) is 0 Å². The van der Waals surface area contributed by atoms with Crippen LogP contribution in [0.25, 0.3) is 5.65 Å². The Morgan fingerprint density at radius 1 is 1.17 bits per heavy atom. The summed E-state index contributed by atoms with van der Waals surface area (Å²) in [5, 5.41) is 10.4. The van der Waals surface area contributed by atoms with Gasteiger partial charge in [-0.3, -0.25) is 4.57 Å². The van der Waals surface area contributed by atoms with Crippen LogP contribution in [0, 0.1) is 0 Å². The first-order valence-electron chi connectivity index (χ1n) is 8.80. The van der Waals surface area contributed by atoms with Gasteiger partial charge in [-0.1, -0.05) is 47.1 Å². The van der Waals surface area contributed by atoms with E-state index in [-0.39, 0.29) is 6.61 Å². The number of allylic oxidation sites excluding steroid dienone is 1. The highest BCUT2D eigenvalue weighted by atomic mass is 35.5. The maximum atomic E-state index is 6.16. The summed E-state index contributed by atoms with van der Waals surface area (Å²) >= 11 is 13.7. The molecule has 0 amide bonds. The van der Waals surface area contributed by atoms with Gasteiger partial charge in [-0.2, -0.15) is 0 Å². The van der Waals surface area contributed by atoms with Crippen molar-refractivity contribution in [3.05, 3.63) is 83.0 Å². The molecule has 0 aliphatic heterocycles. The predicted octanol–water partition coefficient (Wildman–Crippen LogP) is 5.29. The lowest BCUT2D eigenvalue weighted by atomic mass is 10.3. The van der Waals surface area contributed by atoms with Gasteiger partial charge >= 0.3 is 0 Å². The van der Waals surface area contributed by atoms with Crippen LogP contribution in [0.5, 0.6) is 5.75 Å². The van der Waals surface area contributed by atoms with Gasteiger partial charge in [0, 0.05) is 35.8 Å². The maximum Gasteiger partial charge on any atom is 0.191 e. The minimum atomic E-state index is 0.218. The van der Waals surface area contributed by atoms with E-state index in [1.54, 1.807) is 36.0 Å². The molecule has 0 atom stereocenters. The molecule has 4 aromatic rings. The lowest BCUT2D eigenvalue weighted by Gasteiger charge is -2.10. The van der Waals surface area contributed by atoms with E-state index < -0.39 is 0 Å². The zero-order valence-corrected chi connectivity index (χ0v) is 17.7. The molecule has 3 aromatic heterocycles. The molecule has 0 aliphatic carbocycles. The number of benzene rings is 1. The van der Waals surface area contributed by atoms with Crippen LogP contribution in [-0.4, -0.2) is 24.1 Å². The highest BCUT2D eigenvalue weighted by Crippen LogP contribution is 2.29. The fourth-order valence-corrected chi connectivity index (χ4v) is 3.95. The van der Waals surface area contributed by atoms with Gasteiger partial charge in [0.1, 0.15) is 18.0 Å². The number of thioether (sulfide) groups is 1. The van der Waals surface area contributed by atoms with Gasteiger partial charge in [0.05, 0.1) is 10.7 Å². The molecule has 0 unspecified atom stereocenters. The van der Waals surface area contributed by atoms with Gasteiger partial charge in [-0.05, 0) is 24.3 Å². The SMILES string of the molecule is C=CCn1c(COc2cc(Cl)ccc2Cl)nnc1SCc1cn2ccccc2n1. The first-order chi connectivity index (χ1) is 14.1. The largest absolute Gasteiger partial charge is 0.484 e. The molecule has 0 N–H and O–H groups in total. The molecule has 4 rings (SSSR count). The van der Waals surface area contributed by atoms with Crippen molar-refractivity contribution in [1.29, 1.82) is 0 Å². The Balaban J connectivity index is 1.48. The number of fused-ring (bicyclic) bond motifs is 1. The van der Waals surface area contributed by atoms with E-state index in [0.717, 1.165) is 16.5 Å². The Morgan fingerprint density at radius 2 is 2.07 bits per heavy atom. The van der Waals surface area contributed by atoms with Crippen LogP contribution in [0.2, 0.25) is 10.0 Å². The molecule has 148 valence electrons. The number of rotatable bonds is 8. The van der Waals surface area contributed by atoms with Gasteiger partial charge in [0.2, 0.25) is 0 Å². The second-order valence-corrected chi connectivity index (χ2v) is 7.93. The Bertz CT molecular complexity index is 1120. The lowest BCUT2D eigenvalue weighted by Crippen LogP contribution is -2.07. The van der Waals surface area contributed by atoms with Gasteiger partial charge in [0.15, 0.2) is 11.0 Å². The molecule has 0 bridgehead atoms. The fraction of sp³-hybridized carbons (Fsp3) is 0.150. The summed E-state index contributed by atoms with van der Waals surface area (Å²) in [5.41, 5.74) is 1.89. The molecule has 9 heteroatoms. The smallest absolute Gasteiger partial charge is 0.191 e. The number of hydrogen-bond acceptors (Lipinski definition) is 5. The third-order valence-corrected chi connectivity index (χ3v) is 5.67. The predicted molar refractivity (Wildman–Crippen MR) is 116 cm³/mol. The van der Waals surface area contributed by atoms with E-state index in [2.05, 4.69) is 21.8 Å². The van der Waals surface area contributed by atoms with Crippen molar-refractivity contribution in [1.82, 2.24) is 24.1 Å². The summed E-state index contributed by atoms with van der Waals surface area (Å²) in [6, 6.07) is 11.0. The average molecular weight is 446 g/mol. The van der Waals surface area contributed by atoms with Crippen molar-refractivity contribution >= 4 is 40.6 Å².